The van der Waals surface area contributed by atoms with Gasteiger partial charge in [0.15, 0.2) is 6.61 Å². The lowest BCUT2D eigenvalue weighted by Gasteiger charge is -2.22. The van der Waals surface area contributed by atoms with E-state index in [1.165, 1.54) is 0 Å². The summed E-state index contributed by atoms with van der Waals surface area (Å²) in [5.41, 5.74) is -0.207. The Morgan fingerprint density at radius 3 is 2.66 bits per heavy atom. The van der Waals surface area contributed by atoms with Crippen LogP contribution in [0.4, 0.5) is 10.5 Å². The second-order valence-corrected chi connectivity index (χ2v) is 7.53. The number of nitriles is 1. The maximum absolute atomic E-state index is 13.1. The Balaban J connectivity index is 1.49. The number of rotatable bonds is 6. The minimum Gasteiger partial charge on any atom is -0.479 e. The van der Waals surface area contributed by atoms with Crippen LogP contribution in [-0.4, -0.2) is 35.9 Å². The topological polar surface area (TPSA) is 112 Å². The molecule has 1 fully saturated rings. The summed E-state index contributed by atoms with van der Waals surface area (Å²) in [7, 11) is 0. The fourth-order valence-electron chi connectivity index (χ4n) is 3.66. The second kappa shape index (κ2) is 8.40. The lowest BCUT2D eigenvalue weighted by molar-refractivity contribution is -0.133. The number of amides is 4. The zero-order valence-electron chi connectivity index (χ0n) is 17.3. The van der Waals surface area contributed by atoms with E-state index in [0.29, 0.717) is 17.0 Å². The van der Waals surface area contributed by atoms with Crippen LogP contribution in [0.3, 0.4) is 0 Å². The van der Waals surface area contributed by atoms with Gasteiger partial charge in [-0.3, -0.25) is 14.5 Å². The monoisotopic (exact) mass is 428 g/mol. The first-order valence-corrected chi connectivity index (χ1v) is 9.94. The highest BCUT2D eigenvalue weighted by molar-refractivity contribution is 6.10. The first-order chi connectivity index (χ1) is 15.4. The predicted octanol–water partition coefficient (Wildman–Crippen LogP) is 3.15. The Morgan fingerprint density at radius 2 is 1.88 bits per heavy atom. The molecule has 1 aliphatic rings. The van der Waals surface area contributed by atoms with Crippen LogP contribution < -0.4 is 15.4 Å². The van der Waals surface area contributed by atoms with Gasteiger partial charge >= 0.3 is 6.03 Å². The average molecular weight is 428 g/mol. The number of carbonyl (C=O) groups excluding carboxylic acids is 3. The van der Waals surface area contributed by atoms with E-state index in [1.807, 2.05) is 42.5 Å². The minimum atomic E-state index is -1.27. The Kier molecular flexibility index (Phi) is 5.48. The number of nitrogens with one attached hydrogen (secondary N) is 2. The fraction of sp³-hybridized carbons (Fsp3) is 0.167. The molecule has 2 N–H and O–H groups in total. The van der Waals surface area contributed by atoms with Crippen molar-refractivity contribution in [1.82, 2.24) is 10.2 Å². The normalized spacial score (nSPS) is 17.7. The molecule has 4 rings (SSSR count). The molecule has 4 amide bonds. The van der Waals surface area contributed by atoms with Crippen molar-refractivity contribution in [3.63, 3.8) is 0 Å². The molecule has 8 nitrogen and oxygen atoms in total. The predicted molar refractivity (Wildman–Crippen MR) is 118 cm³/mol. The van der Waals surface area contributed by atoms with Gasteiger partial charge < -0.3 is 15.4 Å². The van der Waals surface area contributed by atoms with Crippen molar-refractivity contribution in [3.8, 4) is 11.8 Å². The summed E-state index contributed by atoms with van der Waals surface area (Å²) in [6.45, 7) is 1.08. The summed E-state index contributed by atoms with van der Waals surface area (Å²) in [4.78, 5) is 39.1. The van der Waals surface area contributed by atoms with Crippen LogP contribution in [-0.2, 0) is 15.1 Å². The number of fused-ring (bicyclic) bond motifs is 1. The van der Waals surface area contributed by atoms with Crippen LogP contribution in [0, 0.1) is 11.3 Å². The van der Waals surface area contributed by atoms with Gasteiger partial charge in [0, 0.05) is 11.8 Å². The Morgan fingerprint density at radius 1 is 1.09 bits per heavy atom. The number of imide groups is 1. The van der Waals surface area contributed by atoms with Crippen molar-refractivity contribution >= 4 is 34.3 Å². The highest BCUT2D eigenvalue weighted by atomic mass is 16.5. The Bertz CT molecular complexity index is 1270. The number of carbonyl (C=O) groups is 3. The van der Waals surface area contributed by atoms with Gasteiger partial charge in [-0.15, -0.1) is 0 Å². The van der Waals surface area contributed by atoms with Gasteiger partial charge in [-0.25, -0.2) is 4.79 Å². The van der Waals surface area contributed by atoms with E-state index < -0.39 is 29.9 Å². The number of urea groups is 1. The third-order valence-corrected chi connectivity index (χ3v) is 5.32. The van der Waals surface area contributed by atoms with Gasteiger partial charge in [0.25, 0.3) is 5.91 Å². The van der Waals surface area contributed by atoms with Crippen LogP contribution >= 0.6 is 0 Å². The number of nitrogens with zero attached hydrogens (tertiary/aromatic N) is 2. The molecule has 0 bridgehead atoms. The number of anilines is 1. The van der Waals surface area contributed by atoms with Gasteiger partial charge in [0.05, 0.1) is 0 Å². The molecule has 160 valence electrons. The van der Waals surface area contributed by atoms with Crippen molar-refractivity contribution in [1.29, 1.82) is 5.26 Å². The van der Waals surface area contributed by atoms with Crippen molar-refractivity contribution in [2.24, 2.45) is 0 Å². The number of ether oxygens (including phenoxy) is 1. The summed E-state index contributed by atoms with van der Waals surface area (Å²) >= 11 is 0. The minimum absolute atomic E-state index is 0.118. The van der Waals surface area contributed by atoms with Crippen LogP contribution in [0.5, 0.6) is 5.75 Å². The summed E-state index contributed by atoms with van der Waals surface area (Å²) in [5, 5.41) is 15.9. The van der Waals surface area contributed by atoms with Gasteiger partial charge in [-0.1, -0.05) is 42.5 Å². The summed E-state index contributed by atoms with van der Waals surface area (Å²) in [5.74, 6) is -0.615. The van der Waals surface area contributed by atoms with E-state index in [2.05, 4.69) is 10.6 Å². The molecular weight excluding hydrogens is 408 g/mol. The number of hydrogen-bond donors (Lipinski definition) is 2. The van der Waals surface area contributed by atoms with E-state index in [1.54, 1.807) is 37.3 Å². The second-order valence-electron chi connectivity index (χ2n) is 7.53. The molecule has 3 aromatic carbocycles. The third-order valence-electron chi connectivity index (χ3n) is 5.32. The molecule has 1 atom stereocenters. The lowest BCUT2D eigenvalue weighted by Crippen LogP contribution is -2.42. The molecule has 3 aromatic rings. The molecule has 1 heterocycles. The molecule has 0 aliphatic carbocycles. The number of benzene rings is 3. The number of hydrogen-bond acceptors (Lipinski definition) is 5. The van der Waals surface area contributed by atoms with Crippen molar-refractivity contribution in [2.45, 2.75) is 12.5 Å². The fourth-order valence-corrected chi connectivity index (χ4v) is 3.66. The van der Waals surface area contributed by atoms with E-state index >= 15 is 0 Å². The molecule has 0 spiro atoms. The van der Waals surface area contributed by atoms with Crippen molar-refractivity contribution in [2.75, 3.05) is 18.5 Å². The molecule has 1 unspecified atom stereocenters. The van der Waals surface area contributed by atoms with Gasteiger partial charge in [0.1, 0.15) is 23.9 Å². The molecule has 8 heteroatoms. The van der Waals surface area contributed by atoms with Crippen molar-refractivity contribution < 1.29 is 19.1 Å². The highest BCUT2D eigenvalue weighted by Crippen LogP contribution is 2.31. The third kappa shape index (κ3) is 3.96. The molecular formula is C24H20N4O4. The summed E-state index contributed by atoms with van der Waals surface area (Å²) in [6.07, 6.45) is 0. The van der Waals surface area contributed by atoms with E-state index in [9.17, 15) is 14.4 Å². The van der Waals surface area contributed by atoms with E-state index in [-0.39, 0.29) is 6.61 Å². The maximum Gasteiger partial charge on any atom is 0.325 e. The zero-order valence-corrected chi connectivity index (χ0v) is 17.3. The molecule has 0 aromatic heterocycles. The smallest absolute Gasteiger partial charge is 0.325 e. The highest BCUT2D eigenvalue weighted by Gasteiger charge is 2.49. The zero-order chi connectivity index (χ0) is 22.7. The van der Waals surface area contributed by atoms with Crippen molar-refractivity contribution in [3.05, 3.63) is 72.3 Å². The first kappa shape index (κ1) is 20.9. The van der Waals surface area contributed by atoms with Crippen LogP contribution in [0.15, 0.2) is 66.7 Å². The maximum atomic E-state index is 13.1. The van der Waals surface area contributed by atoms with Gasteiger partial charge in [-0.2, -0.15) is 5.26 Å². The quantitative estimate of drug-likeness (QED) is 0.586. The molecule has 32 heavy (non-hydrogen) atoms. The SMILES string of the molecule is CC1(c2ccc3ccccc3c2)NC(=O)N(CC(=O)Nc2cccc(OCC#N)c2)C1=O. The summed E-state index contributed by atoms with van der Waals surface area (Å²) < 4.78 is 5.21. The summed E-state index contributed by atoms with van der Waals surface area (Å²) in [6, 6.07) is 21.0. The van der Waals surface area contributed by atoms with Crippen LogP contribution in [0.1, 0.15) is 12.5 Å². The first-order valence-electron chi connectivity index (χ1n) is 9.94. The van der Waals surface area contributed by atoms with E-state index in [0.717, 1.165) is 15.7 Å². The molecule has 0 saturated carbocycles. The largest absolute Gasteiger partial charge is 0.479 e. The standard InChI is InChI=1S/C24H20N4O4/c1-24(18-10-9-16-5-2-3-6-17(16)13-18)22(30)28(23(31)27-24)15-21(29)26-19-7-4-8-20(14-19)32-12-11-25/h2-10,13-14H,12,15H2,1H3,(H,26,29)(H,27,31). The van der Waals surface area contributed by atoms with Crippen LogP contribution in [0.25, 0.3) is 10.8 Å². The molecule has 1 saturated heterocycles. The average Bonchev–Trinajstić information content (AvgIpc) is 3.01. The van der Waals surface area contributed by atoms with Crippen LogP contribution in [0.2, 0.25) is 0 Å². The lowest BCUT2D eigenvalue weighted by atomic mass is 9.90. The van der Waals surface area contributed by atoms with Gasteiger partial charge in [-0.05, 0) is 41.5 Å². The van der Waals surface area contributed by atoms with Gasteiger partial charge in [0.2, 0.25) is 5.91 Å². The molecule has 1 aliphatic heterocycles. The Hall–Kier alpha value is -4.38. The van der Waals surface area contributed by atoms with E-state index in [4.69, 9.17) is 10.00 Å². The molecule has 0 radical (unpaired) electrons. The Labute approximate surface area is 184 Å².